The van der Waals surface area contributed by atoms with Crippen LogP contribution in [0.3, 0.4) is 0 Å². The molecule has 0 heterocycles. The molecule has 1 N–H and O–H groups in total. The van der Waals surface area contributed by atoms with Crippen LogP contribution in [0.5, 0.6) is 0 Å². The predicted molar refractivity (Wildman–Crippen MR) is 65.1 cm³/mol. The highest BCUT2D eigenvalue weighted by molar-refractivity contribution is 5.04. The first kappa shape index (κ1) is 13.0. The summed E-state index contributed by atoms with van der Waals surface area (Å²) in [5, 5.41) is 3.56. The summed E-state index contributed by atoms with van der Waals surface area (Å²) in [6, 6.07) is 0.666. The van der Waals surface area contributed by atoms with E-state index in [0.717, 1.165) is 13.2 Å². The molecule has 1 aliphatic carbocycles. The summed E-state index contributed by atoms with van der Waals surface area (Å²) >= 11 is 0. The lowest BCUT2D eigenvalue weighted by Crippen LogP contribution is -2.62. The van der Waals surface area contributed by atoms with Crippen LogP contribution in [0.25, 0.3) is 0 Å². The van der Waals surface area contributed by atoms with Gasteiger partial charge in [-0.15, -0.1) is 0 Å². The Balaban J connectivity index is 2.35. The minimum Gasteiger partial charge on any atom is -0.378 e. The van der Waals surface area contributed by atoms with Crippen molar-refractivity contribution in [3.05, 3.63) is 0 Å². The van der Waals surface area contributed by atoms with Crippen molar-refractivity contribution in [3.63, 3.8) is 0 Å². The minimum atomic E-state index is 0.365. The first-order chi connectivity index (χ1) is 7.19. The standard InChI is InChI=1S/C13H27NO/c1-5-8-9-15-12-10-11(14-7-3)13(12,4)6-2/h11-12,14H,5-10H2,1-4H3. The van der Waals surface area contributed by atoms with Gasteiger partial charge in [0.15, 0.2) is 0 Å². The molecule has 0 amide bonds. The summed E-state index contributed by atoms with van der Waals surface area (Å²) in [6.07, 6.45) is 5.32. The maximum absolute atomic E-state index is 5.96. The SMILES string of the molecule is CCCCOC1CC(NCC)C1(C)CC. The molecule has 3 atom stereocenters. The molecule has 0 aromatic rings. The Kier molecular flexibility index (Phi) is 5.07. The number of hydrogen-bond donors (Lipinski definition) is 1. The molecule has 0 radical (unpaired) electrons. The average molecular weight is 213 g/mol. The Morgan fingerprint density at radius 1 is 1.33 bits per heavy atom. The largest absolute Gasteiger partial charge is 0.378 e. The Morgan fingerprint density at radius 3 is 2.60 bits per heavy atom. The van der Waals surface area contributed by atoms with Crippen LogP contribution in [-0.4, -0.2) is 25.3 Å². The summed E-state index contributed by atoms with van der Waals surface area (Å²) in [5.41, 5.74) is 0.365. The molecule has 2 heteroatoms. The van der Waals surface area contributed by atoms with Gasteiger partial charge in [0.05, 0.1) is 6.10 Å². The second-order valence-electron chi connectivity index (χ2n) is 4.92. The molecule has 15 heavy (non-hydrogen) atoms. The molecule has 0 aliphatic heterocycles. The third-order valence-corrected chi connectivity index (χ3v) is 4.01. The summed E-state index contributed by atoms with van der Waals surface area (Å²) < 4.78 is 5.96. The van der Waals surface area contributed by atoms with Gasteiger partial charge < -0.3 is 10.1 Å². The topological polar surface area (TPSA) is 21.3 Å². The molecule has 0 saturated heterocycles. The van der Waals surface area contributed by atoms with E-state index in [-0.39, 0.29) is 0 Å². The van der Waals surface area contributed by atoms with Crippen molar-refractivity contribution >= 4 is 0 Å². The molecule has 1 fully saturated rings. The maximum atomic E-state index is 5.96. The van der Waals surface area contributed by atoms with Crippen LogP contribution in [0.1, 0.15) is 53.4 Å². The Labute approximate surface area is 94.8 Å². The minimum absolute atomic E-state index is 0.365. The molecule has 1 aliphatic rings. The summed E-state index contributed by atoms with van der Waals surface area (Å²) in [7, 11) is 0. The third-order valence-electron chi connectivity index (χ3n) is 4.01. The fourth-order valence-corrected chi connectivity index (χ4v) is 2.48. The first-order valence-electron chi connectivity index (χ1n) is 6.54. The van der Waals surface area contributed by atoms with Gasteiger partial charge in [-0.25, -0.2) is 0 Å². The molecule has 1 rings (SSSR count). The molecule has 0 aromatic heterocycles. The van der Waals surface area contributed by atoms with Gasteiger partial charge in [0.1, 0.15) is 0 Å². The van der Waals surface area contributed by atoms with Gasteiger partial charge in [0, 0.05) is 18.1 Å². The van der Waals surface area contributed by atoms with E-state index >= 15 is 0 Å². The maximum Gasteiger partial charge on any atom is 0.0658 e. The Hall–Kier alpha value is -0.0800. The highest BCUT2D eigenvalue weighted by Crippen LogP contribution is 2.45. The van der Waals surface area contributed by atoms with Gasteiger partial charge in [-0.1, -0.05) is 34.1 Å². The van der Waals surface area contributed by atoms with E-state index in [1.165, 1.54) is 25.7 Å². The first-order valence-corrected chi connectivity index (χ1v) is 6.54. The monoisotopic (exact) mass is 213 g/mol. The fourth-order valence-electron chi connectivity index (χ4n) is 2.48. The van der Waals surface area contributed by atoms with Crippen molar-refractivity contribution in [1.82, 2.24) is 5.32 Å². The zero-order valence-electron chi connectivity index (χ0n) is 10.8. The zero-order valence-corrected chi connectivity index (χ0v) is 10.8. The van der Waals surface area contributed by atoms with Crippen LogP contribution in [0.2, 0.25) is 0 Å². The molecule has 0 aromatic carbocycles. The lowest BCUT2D eigenvalue weighted by Gasteiger charge is -2.53. The highest BCUT2D eigenvalue weighted by Gasteiger charge is 2.50. The van der Waals surface area contributed by atoms with Crippen molar-refractivity contribution in [1.29, 1.82) is 0 Å². The second kappa shape index (κ2) is 5.86. The quantitative estimate of drug-likeness (QED) is 0.656. The number of rotatable bonds is 7. The van der Waals surface area contributed by atoms with E-state index in [4.69, 9.17) is 4.74 Å². The lowest BCUT2D eigenvalue weighted by molar-refractivity contribution is -0.129. The molecule has 2 nitrogen and oxygen atoms in total. The van der Waals surface area contributed by atoms with E-state index in [0.29, 0.717) is 17.6 Å². The predicted octanol–water partition coefficient (Wildman–Crippen LogP) is 2.97. The van der Waals surface area contributed by atoms with E-state index in [1.807, 2.05) is 0 Å². The summed E-state index contributed by atoms with van der Waals surface area (Å²) in [5.74, 6) is 0. The molecule has 3 unspecified atom stereocenters. The van der Waals surface area contributed by atoms with Crippen LogP contribution in [-0.2, 0) is 4.74 Å². The van der Waals surface area contributed by atoms with Crippen LogP contribution in [0, 0.1) is 5.41 Å². The van der Waals surface area contributed by atoms with Crippen molar-refractivity contribution in [2.45, 2.75) is 65.5 Å². The van der Waals surface area contributed by atoms with Crippen molar-refractivity contribution < 1.29 is 4.74 Å². The van der Waals surface area contributed by atoms with Crippen LogP contribution in [0.4, 0.5) is 0 Å². The van der Waals surface area contributed by atoms with E-state index in [2.05, 4.69) is 33.0 Å². The Bertz CT molecular complexity index is 181. The normalized spacial score (nSPS) is 35.2. The molecular formula is C13H27NO. The average Bonchev–Trinajstić information content (AvgIpc) is 2.26. The van der Waals surface area contributed by atoms with Crippen molar-refractivity contribution in [2.24, 2.45) is 5.41 Å². The third kappa shape index (κ3) is 2.73. The molecular weight excluding hydrogens is 186 g/mol. The van der Waals surface area contributed by atoms with Gasteiger partial charge >= 0.3 is 0 Å². The van der Waals surface area contributed by atoms with Gasteiger partial charge in [0.25, 0.3) is 0 Å². The van der Waals surface area contributed by atoms with Crippen LogP contribution in [0.15, 0.2) is 0 Å². The van der Waals surface area contributed by atoms with Crippen molar-refractivity contribution in [3.8, 4) is 0 Å². The summed E-state index contributed by atoms with van der Waals surface area (Å²) in [4.78, 5) is 0. The number of hydrogen-bond acceptors (Lipinski definition) is 2. The second-order valence-corrected chi connectivity index (χ2v) is 4.92. The fraction of sp³-hybridized carbons (Fsp3) is 1.00. The summed E-state index contributed by atoms with van der Waals surface area (Å²) in [6.45, 7) is 11.0. The highest BCUT2D eigenvalue weighted by atomic mass is 16.5. The molecule has 1 saturated carbocycles. The Morgan fingerprint density at radius 2 is 2.07 bits per heavy atom. The van der Waals surface area contributed by atoms with E-state index < -0.39 is 0 Å². The van der Waals surface area contributed by atoms with Crippen LogP contribution >= 0.6 is 0 Å². The molecule has 0 bridgehead atoms. The number of nitrogens with one attached hydrogen (secondary N) is 1. The van der Waals surface area contributed by atoms with E-state index in [1.54, 1.807) is 0 Å². The van der Waals surface area contributed by atoms with Gasteiger partial charge in [-0.2, -0.15) is 0 Å². The van der Waals surface area contributed by atoms with Crippen LogP contribution < -0.4 is 5.32 Å². The van der Waals surface area contributed by atoms with Gasteiger partial charge in [-0.3, -0.25) is 0 Å². The zero-order chi connectivity index (χ0) is 11.3. The van der Waals surface area contributed by atoms with Crippen molar-refractivity contribution in [2.75, 3.05) is 13.2 Å². The van der Waals surface area contributed by atoms with Gasteiger partial charge in [-0.05, 0) is 25.8 Å². The number of ether oxygens (including phenoxy) is 1. The van der Waals surface area contributed by atoms with Gasteiger partial charge in [0.2, 0.25) is 0 Å². The molecule has 0 spiro atoms. The number of unbranched alkanes of at least 4 members (excludes halogenated alkanes) is 1. The lowest BCUT2D eigenvalue weighted by atomic mass is 9.61. The molecule has 90 valence electrons. The smallest absolute Gasteiger partial charge is 0.0658 e. The van der Waals surface area contributed by atoms with E-state index in [9.17, 15) is 0 Å².